The number of hydrogen-bond acceptors (Lipinski definition) is 2. The fourth-order valence-electron chi connectivity index (χ4n) is 2.50. The standard InChI is InChI=1S/C15H22N2O/c1-3-15(18)17(14-8-10-16-11-9-14)13-6-4-12(2)5-7-13/h4-7,14,16H,3,8-11H2,1-2H3. The molecule has 0 saturated carbocycles. The van der Waals surface area contributed by atoms with Gasteiger partial charge in [0.25, 0.3) is 0 Å². The summed E-state index contributed by atoms with van der Waals surface area (Å²) < 4.78 is 0. The molecular formula is C15H22N2O. The topological polar surface area (TPSA) is 32.3 Å². The van der Waals surface area contributed by atoms with Crippen molar-refractivity contribution < 1.29 is 4.79 Å². The average molecular weight is 246 g/mol. The van der Waals surface area contributed by atoms with Crippen LogP contribution in [0.4, 0.5) is 5.69 Å². The van der Waals surface area contributed by atoms with Crippen LogP contribution in [-0.4, -0.2) is 25.0 Å². The molecule has 0 spiro atoms. The van der Waals surface area contributed by atoms with E-state index in [-0.39, 0.29) is 5.91 Å². The van der Waals surface area contributed by atoms with Crippen molar-refractivity contribution >= 4 is 11.6 Å². The predicted molar refractivity (Wildman–Crippen MR) is 74.8 cm³/mol. The molecule has 2 rings (SSSR count). The number of nitrogens with zero attached hydrogens (tertiary/aromatic N) is 1. The maximum atomic E-state index is 12.2. The lowest BCUT2D eigenvalue weighted by Crippen LogP contribution is -2.46. The van der Waals surface area contributed by atoms with Gasteiger partial charge >= 0.3 is 0 Å². The molecule has 0 unspecified atom stereocenters. The lowest BCUT2D eigenvalue weighted by Gasteiger charge is -2.34. The number of amides is 1. The van der Waals surface area contributed by atoms with E-state index in [1.165, 1.54) is 5.56 Å². The normalized spacial score (nSPS) is 16.6. The van der Waals surface area contributed by atoms with E-state index in [9.17, 15) is 4.79 Å². The number of benzene rings is 1. The molecule has 1 amide bonds. The van der Waals surface area contributed by atoms with Crippen LogP contribution in [0, 0.1) is 6.92 Å². The smallest absolute Gasteiger partial charge is 0.226 e. The third-order valence-corrected chi connectivity index (χ3v) is 3.56. The zero-order valence-corrected chi connectivity index (χ0v) is 11.3. The number of carbonyl (C=O) groups excluding carboxylic acids is 1. The number of aryl methyl sites for hydroxylation is 1. The molecule has 0 atom stereocenters. The van der Waals surface area contributed by atoms with Crippen LogP contribution < -0.4 is 10.2 Å². The highest BCUT2D eigenvalue weighted by Gasteiger charge is 2.25. The molecule has 3 nitrogen and oxygen atoms in total. The van der Waals surface area contributed by atoms with E-state index >= 15 is 0 Å². The van der Waals surface area contributed by atoms with E-state index in [0.29, 0.717) is 12.5 Å². The monoisotopic (exact) mass is 246 g/mol. The third-order valence-electron chi connectivity index (χ3n) is 3.56. The van der Waals surface area contributed by atoms with Crippen molar-refractivity contribution in [2.24, 2.45) is 0 Å². The van der Waals surface area contributed by atoms with Gasteiger partial charge in [-0.2, -0.15) is 0 Å². The third kappa shape index (κ3) is 2.91. The molecule has 1 heterocycles. The van der Waals surface area contributed by atoms with Crippen LogP contribution in [0.5, 0.6) is 0 Å². The second kappa shape index (κ2) is 6.01. The van der Waals surface area contributed by atoms with Crippen molar-refractivity contribution in [3.63, 3.8) is 0 Å². The van der Waals surface area contributed by atoms with Gasteiger partial charge < -0.3 is 10.2 Å². The Morgan fingerprint density at radius 2 is 1.89 bits per heavy atom. The largest absolute Gasteiger partial charge is 0.317 e. The van der Waals surface area contributed by atoms with Crippen molar-refractivity contribution in [2.75, 3.05) is 18.0 Å². The minimum atomic E-state index is 0.228. The Bertz CT molecular complexity index is 393. The van der Waals surface area contributed by atoms with Crippen LogP contribution in [0.2, 0.25) is 0 Å². The number of rotatable bonds is 3. The fraction of sp³-hybridized carbons (Fsp3) is 0.533. The van der Waals surface area contributed by atoms with Crippen LogP contribution in [0.3, 0.4) is 0 Å². The Labute approximate surface area is 109 Å². The zero-order valence-electron chi connectivity index (χ0n) is 11.3. The molecule has 1 fully saturated rings. The summed E-state index contributed by atoms with van der Waals surface area (Å²) in [6, 6.07) is 8.62. The molecule has 1 N–H and O–H groups in total. The Morgan fingerprint density at radius 3 is 2.44 bits per heavy atom. The highest BCUT2D eigenvalue weighted by Crippen LogP contribution is 2.23. The summed E-state index contributed by atoms with van der Waals surface area (Å²) in [4.78, 5) is 14.2. The van der Waals surface area contributed by atoms with Crippen molar-refractivity contribution in [1.82, 2.24) is 5.32 Å². The van der Waals surface area contributed by atoms with Gasteiger partial charge in [0, 0.05) is 18.2 Å². The van der Waals surface area contributed by atoms with E-state index in [2.05, 4.69) is 36.5 Å². The second-order valence-electron chi connectivity index (χ2n) is 4.93. The molecule has 0 radical (unpaired) electrons. The lowest BCUT2D eigenvalue weighted by molar-refractivity contribution is -0.118. The Hall–Kier alpha value is -1.35. The first-order valence-corrected chi connectivity index (χ1v) is 6.82. The quantitative estimate of drug-likeness (QED) is 0.888. The summed E-state index contributed by atoms with van der Waals surface area (Å²) in [6.07, 6.45) is 2.65. The first-order chi connectivity index (χ1) is 8.72. The molecule has 98 valence electrons. The van der Waals surface area contributed by atoms with Gasteiger partial charge in [0.1, 0.15) is 0 Å². The molecule has 1 saturated heterocycles. The number of piperidine rings is 1. The Kier molecular flexibility index (Phi) is 4.37. The van der Waals surface area contributed by atoms with Gasteiger partial charge in [0.05, 0.1) is 0 Å². The number of carbonyl (C=O) groups is 1. The molecule has 0 aliphatic carbocycles. The van der Waals surface area contributed by atoms with E-state index in [0.717, 1.165) is 31.6 Å². The maximum Gasteiger partial charge on any atom is 0.226 e. The Balaban J connectivity index is 2.23. The number of hydrogen-bond donors (Lipinski definition) is 1. The minimum absolute atomic E-state index is 0.228. The number of anilines is 1. The minimum Gasteiger partial charge on any atom is -0.317 e. The second-order valence-corrected chi connectivity index (χ2v) is 4.93. The van der Waals surface area contributed by atoms with Gasteiger partial charge in [-0.05, 0) is 45.0 Å². The van der Waals surface area contributed by atoms with E-state index < -0.39 is 0 Å². The van der Waals surface area contributed by atoms with Crippen molar-refractivity contribution in [3.05, 3.63) is 29.8 Å². The van der Waals surface area contributed by atoms with Gasteiger partial charge in [-0.25, -0.2) is 0 Å². The molecule has 1 aliphatic rings. The molecule has 3 heteroatoms. The summed E-state index contributed by atoms with van der Waals surface area (Å²) >= 11 is 0. The summed E-state index contributed by atoms with van der Waals surface area (Å²) in [6.45, 7) is 6.01. The molecule has 18 heavy (non-hydrogen) atoms. The highest BCUT2D eigenvalue weighted by molar-refractivity contribution is 5.93. The highest BCUT2D eigenvalue weighted by atomic mass is 16.2. The van der Waals surface area contributed by atoms with Gasteiger partial charge in [0.2, 0.25) is 5.91 Å². The average Bonchev–Trinajstić information content (AvgIpc) is 2.42. The summed E-state index contributed by atoms with van der Waals surface area (Å²) in [5.41, 5.74) is 2.27. The first kappa shape index (κ1) is 13.1. The van der Waals surface area contributed by atoms with Crippen molar-refractivity contribution in [2.45, 2.75) is 39.2 Å². The SMILES string of the molecule is CCC(=O)N(c1ccc(C)cc1)C1CCNCC1. The molecule has 1 aromatic carbocycles. The van der Waals surface area contributed by atoms with Crippen LogP contribution in [0.1, 0.15) is 31.7 Å². The maximum absolute atomic E-state index is 12.2. The van der Waals surface area contributed by atoms with Gasteiger partial charge in [-0.1, -0.05) is 24.6 Å². The first-order valence-electron chi connectivity index (χ1n) is 6.82. The molecule has 1 aromatic rings. The van der Waals surface area contributed by atoms with Crippen molar-refractivity contribution in [1.29, 1.82) is 0 Å². The molecule has 0 aromatic heterocycles. The van der Waals surface area contributed by atoms with E-state index in [1.54, 1.807) is 0 Å². The molecular weight excluding hydrogens is 224 g/mol. The summed E-state index contributed by atoms with van der Waals surface area (Å²) in [5, 5.41) is 3.35. The zero-order chi connectivity index (χ0) is 13.0. The van der Waals surface area contributed by atoms with Crippen LogP contribution in [0.15, 0.2) is 24.3 Å². The van der Waals surface area contributed by atoms with Crippen LogP contribution >= 0.6 is 0 Å². The van der Waals surface area contributed by atoms with Gasteiger partial charge in [-0.3, -0.25) is 4.79 Å². The lowest BCUT2D eigenvalue weighted by atomic mass is 10.0. The predicted octanol–water partition coefficient (Wildman–Crippen LogP) is 2.49. The Morgan fingerprint density at radius 1 is 1.28 bits per heavy atom. The van der Waals surface area contributed by atoms with Crippen LogP contribution in [0.25, 0.3) is 0 Å². The number of nitrogens with one attached hydrogen (secondary N) is 1. The summed E-state index contributed by atoms with van der Waals surface area (Å²) in [5.74, 6) is 0.228. The van der Waals surface area contributed by atoms with Crippen LogP contribution in [-0.2, 0) is 4.79 Å². The summed E-state index contributed by atoms with van der Waals surface area (Å²) in [7, 11) is 0. The molecule has 0 bridgehead atoms. The van der Waals surface area contributed by atoms with E-state index in [4.69, 9.17) is 0 Å². The van der Waals surface area contributed by atoms with Gasteiger partial charge in [0.15, 0.2) is 0 Å². The molecule has 1 aliphatic heterocycles. The van der Waals surface area contributed by atoms with Gasteiger partial charge in [-0.15, -0.1) is 0 Å². The van der Waals surface area contributed by atoms with E-state index in [1.807, 2.05) is 11.8 Å². The fourth-order valence-corrected chi connectivity index (χ4v) is 2.50. The van der Waals surface area contributed by atoms with Crippen molar-refractivity contribution in [3.8, 4) is 0 Å².